The summed E-state index contributed by atoms with van der Waals surface area (Å²) in [6.07, 6.45) is -4.35. The summed E-state index contributed by atoms with van der Waals surface area (Å²) in [6.45, 7) is 0.427. The molecule has 8 heteroatoms. The van der Waals surface area contributed by atoms with Crippen LogP contribution in [0.4, 0.5) is 19.1 Å². The molecule has 0 spiro atoms. The van der Waals surface area contributed by atoms with E-state index in [1.165, 1.54) is 25.3 Å². The third-order valence-electron chi connectivity index (χ3n) is 2.83. The molecule has 0 aliphatic rings. The minimum absolute atomic E-state index is 0.193. The lowest BCUT2D eigenvalue weighted by Crippen LogP contribution is -2.14. The van der Waals surface area contributed by atoms with E-state index in [0.29, 0.717) is 11.3 Å². The first-order valence-electron chi connectivity index (χ1n) is 6.37. The maximum Gasteiger partial charge on any atom is 0.416 e. The Labute approximate surface area is 124 Å². The summed E-state index contributed by atoms with van der Waals surface area (Å²) in [4.78, 5) is 18.1. The molecule has 0 saturated heterocycles. The van der Waals surface area contributed by atoms with Crippen molar-refractivity contribution in [3.8, 4) is 0 Å². The molecular weight excluding hydrogens is 299 g/mol. The zero-order valence-corrected chi connectivity index (χ0v) is 11.7. The van der Waals surface area contributed by atoms with E-state index in [1.54, 1.807) is 0 Å². The van der Waals surface area contributed by atoms with E-state index >= 15 is 0 Å². The van der Waals surface area contributed by atoms with Gasteiger partial charge in [-0.05, 0) is 17.7 Å². The second kappa shape index (κ2) is 6.61. The van der Waals surface area contributed by atoms with Crippen molar-refractivity contribution in [1.29, 1.82) is 0 Å². The van der Waals surface area contributed by atoms with Gasteiger partial charge in [-0.15, -0.1) is 0 Å². The van der Waals surface area contributed by atoms with E-state index < -0.39 is 11.7 Å². The predicted molar refractivity (Wildman–Crippen MR) is 74.3 cm³/mol. The minimum Gasteiger partial charge on any atom is -0.378 e. The molecule has 2 rings (SSSR count). The normalized spacial score (nSPS) is 11.5. The first-order valence-corrected chi connectivity index (χ1v) is 6.37. The van der Waals surface area contributed by atoms with Crippen molar-refractivity contribution in [2.75, 3.05) is 12.4 Å². The number of H-pyrrole nitrogens is 1. The average Bonchev–Trinajstić information content (AvgIpc) is 2.44. The van der Waals surface area contributed by atoms with E-state index in [4.69, 9.17) is 4.74 Å². The van der Waals surface area contributed by atoms with Gasteiger partial charge >= 0.3 is 6.18 Å². The van der Waals surface area contributed by atoms with E-state index in [1.807, 2.05) is 0 Å². The number of aromatic amines is 1. The zero-order chi connectivity index (χ0) is 16.2. The highest BCUT2D eigenvalue weighted by Crippen LogP contribution is 2.29. The van der Waals surface area contributed by atoms with Crippen molar-refractivity contribution in [2.45, 2.75) is 19.3 Å². The van der Waals surface area contributed by atoms with Crippen LogP contribution in [0.15, 0.2) is 35.1 Å². The molecule has 0 amide bonds. The smallest absolute Gasteiger partial charge is 0.378 e. The maximum atomic E-state index is 12.5. The number of alkyl halides is 3. The van der Waals surface area contributed by atoms with E-state index in [-0.39, 0.29) is 24.7 Å². The summed E-state index contributed by atoms with van der Waals surface area (Å²) >= 11 is 0. The van der Waals surface area contributed by atoms with Gasteiger partial charge in [-0.1, -0.05) is 12.1 Å². The maximum absolute atomic E-state index is 12.5. The first kappa shape index (κ1) is 16.0. The van der Waals surface area contributed by atoms with Crippen molar-refractivity contribution in [1.82, 2.24) is 9.97 Å². The summed E-state index contributed by atoms with van der Waals surface area (Å²) in [7, 11) is 1.48. The molecule has 2 N–H and O–H groups in total. The fraction of sp³-hybridized carbons (Fsp3) is 0.286. The number of aromatic nitrogens is 2. The number of anilines is 1. The number of nitrogens with zero attached hydrogens (tertiary/aromatic N) is 1. The van der Waals surface area contributed by atoms with Crippen LogP contribution in [0.5, 0.6) is 0 Å². The van der Waals surface area contributed by atoms with Crippen molar-refractivity contribution >= 4 is 5.95 Å². The Kier molecular flexibility index (Phi) is 4.81. The molecule has 1 aromatic carbocycles. The molecule has 0 radical (unpaired) electrons. The second-order valence-corrected chi connectivity index (χ2v) is 4.57. The van der Waals surface area contributed by atoms with Crippen molar-refractivity contribution < 1.29 is 17.9 Å². The highest BCUT2D eigenvalue weighted by atomic mass is 19.4. The van der Waals surface area contributed by atoms with Crippen molar-refractivity contribution in [2.24, 2.45) is 0 Å². The lowest BCUT2D eigenvalue weighted by Gasteiger charge is -2.09. The van der Waals surface area contributed by atoms with Gasteiger partial charge in [-0.2, -0.15) is 13.2 Å². The van der Waals surface area contributed by atoms with E-state index in [9.17, 15) is 18.0 Å². The number of hydrogen-bond acceptors (Lipinski definition) is 4. The topological polar surface area (TPSA) is 67.0 Å². The van der Waals surface area contributed by atoms with Gasteiger partial charge in [-0.25, -0.2) is 4.98 Å². The standard InChI is InChI=1S/C14H14F3N3O2/c1-22-8-11-6-12(21)20-13(19-11)18-7-9-2-4-10(5-3-9)14(15,16)17/h2-6H,7-8H2,1H3,(H2,18,19,20,21). The Balaban J connectivity index is 2.05. The molecule has 0 fully saturated rings. The molecule has 1 aromatic heterocycles. The highest BCUT2D eigenvalue weighted by molar-refractivity contribution is 5.30. The van der Waals surface area contributed by atoms with Gasteiger partial charge in [0.2, 0.25) is 5.95 Å². The highest BCUT2D eigenvalue weighted by Gasteiger charge is 2.29. The fourth-order valence-electron chi connectivity index (χ4n) is 1.81. The third-order valence-corrected chi connectivity index (χ3v) is 2.83. The Morgan fingerprint density at radius 2 is 1.95 bits per heavy atom. The largest absolute Gasteiger partial charge is 0.416 e. The number of ether oxygens (including phenoxy) is 1. The summed E-state index contributed by atoms with van der Waals surface area (Å²) in [5.74, 6) is 0.236. The SMILES string of the molecule is COCc1cc(=O)[nH]c(NCc2ccc(C(F)(F)F)cc2)n1. The molecule has 0 bridgehead atoms. The molecule has 1 heterocycles. The van der Waals surface area contributed by atoms with Gasteiger partial charge in [0.1, 0.15) is 0 Å². The molecule has 0 atom stereocenters. The molecule has 0 unspecified atom stereocenters. The summed E-state index contributed by atoms with van der Waals surface area (Å²) in [6, 6.07) is 6.07. The average molecular weight is 313 g/mol. The summed E-state index contributed by atoms with van der Waals surface area (Å²) in [5.41, 5.74) is 0.0517. The molecule has 0 aliphatic heterocycles. The number of methoxy groups -OCH3 is 1. The third kappa shape index (κ3) is 4.32. The zero-order valence-electron chi connectivity index (χ0n) is 11.7. The summed E-state index contributed by atoms with van der Waals surface area (Å²) < 4.78 is 42.3. The van der Waals surface area contributed by atoms with Gasteiger partial charge < -0.3 is 10.1 Å². The molecule has 22 heavy (non-hydrogen) atoms. The van der Waals surface area contributed by atoms with Gasteiger partial charge in [-0.3, -0.25) is 9.78 Å². The quantitative estimate of drug-likeness (QED) is 0.890. The molecule has 0 saturated carbocycles. The number of rotatable bonds is 5. The number of benzene rings is 1. The van der Waals surface area contributed by atoms with Crippen LogP contribution in [-0.4, -0.2) is 17.1 Å². The molecule has 5 nitrogen and oxygen atoms in total. The Hall–Kier alpha value is -2.35. The van der Waals surface area contributed by atoms with Crippen LogP contribution >= 0.6 is 0 Å². The van der Waals surface area contributed by atoms with Crippen LogP contribution in [-0.2, 0) is 24.1 Å². The first-order chi connectivity index (χ1) is 10.4. The van der Waals surface area contributed by atoms with E-state index in [2.05, 4.69) is 15.3 Å². The van der Waals surface area contributed by atoms with Crippen LogP contribution in [0.1, 0.15) is 16.8 Å². The molecular formula is C14H14F3N3O2. The van der Waals surface area contributed by atoms with Crippen LogP contribution < -0.4 is 10.9 Å². The number of hydrogen-bond donors (Lipinski definition) is 2. The summed E-state index contributed by atoms with van der Waals surface area (Å²) in [5, 5.41) is 2.86. The fourth-order valence-corrected chi connectivity index (χ4v) is 1.81. The Morgan fingerprint density at radius 3 is 2.55 bits per heavy atom. The van der Waals surface area contributed by atoms with E-state index in [0.717, 1.165) is 12.1 Å². The van der Waals surface area contributed by atoms with Gasteiger partial charge in [0.15, 0.2) is 0 Å². The van der Waals surface area contributed by atoms with Gasteiger partial charge in [0.25, 0.3) is 5.56 Å². The Bertz CT molecular complexity index is 681. The lowest BCUT2D eigenvalue weighted by atomic mass is 10.1. The Morgan fingerprint density at radius 1 is 1.27 bits per heavy atom. The number of halogens is 3. The molecule has 0 aliphatic carbocycles. The minimum atomic E-state index is -4.35. The lowest BCUT2D eigenvalue weighted by molar-refractivity contribution is -0.137. The second-order valence-electron chi connectivity index (χ2n) is 4.57. The van der Waals surface area contributed by atoms with Gasteiger partial charge in [0.05, 0.1) is 17.9 Å². The van der Waals surface area contributed by atoms with Crippen LogP contribution in [0, 0.1) is 0 Å². The predicted octanol–water partition coefficient (Wildman–Crippen LogP) is 2.55. The van der Waals surface area contributed by atoms with Crippen LogP contribution in [0.3, 0.4) is 0 Å². The van der Waals surface area contributed by atoms with Crippen molar-refractivity contribution in [3.63, 3.8) is 0 Å². The molecule has 2 aromatic rings. The number of nitrogens with one attached hydrogen (secondary N) is 2. The van der Waals surface area contributed by atoms with Crippen LogP contribution in [0.25, 0.3) is 0 Å². The monoisotopic (exact) mass is 313 g/mol. The van der Waals surface area contributed by atoms with Crippen LogP contribution in [0.2, 0.25) is 0 Å². The van der Waals surface area contributed by atoms with Crippen molar-refractivity contribution in [3.05, 3.63) is 57.5 Å². The van der Waals surface area contributed by atoms with Gasteiger partial charge in [0, 0.05) is 19.7 Å². The molecule has 118 valence electrons.